The first-order valence-corrected chi connectivity index (χ1v) is 5.54. The van der Waals surface area contributed by atoms with E-state index in [0.29, 0.717) is 11.6 Å². The zero-order valence-corrected chi connectivity index (χ0v) is 9.83. The number of rotatable bonds is 4. The number of aliphatic hydroxyl groups is 1. The minimum Gasteiger partial charge on any atom is -0.392 e. The van der Waals surface area contributed by atoms with Crippen LogP contribution in [0.25, 0.3) is 0 Å². The second-order valence-corrected chi connectivity index (χ2v) is 3.92. The lowest BCUT2D eigenvalue weighted by atomic mass is 10.1. The third-order valence-electron chi connectivity index (χ3n) is 2.52. The Labute approximate surface area is 107 Å². The third kappa shape index (κ3) is 3.23. The fourth-order valence-corrected chi connectivity index (χ4v) is 1.59. The lowest BCUT2D eigenvalue weighted by Gasteiger charge is -2.08. The van der Waals surface area contributed by atoms with Crippen molar-refractivity contribution in [1.82, 2.24) is 4.98 Å². The van der Waals surface area contributed by atoms with Crippen molar-refractivity contribution in [3.05, 3.63) is 59.0 Å². The SMILES string of the molecule is OCc1cccc(CNc2nc(F)c(F)cc2F)c1. The fraction of sp³-hybridized carbons (Fsp3) is 0.154. The predicted octanol–water partition coefficient (Wildman–Crippen LogP) is 2.60. The van der Waals surface area contributed by atoms with Gasteiger partial charge in [0.2, 0.25) is 0 Å². The highest BCUT2D eigenvalue weighted by molar-refractivity contribution is 5.37. The maximum Gasteiger partial charge on any atom is 0.251 e. The van der Waals surface area contributed by atoms with Crippen molar-refractivity contribution in [1.29, 1.82) is 0 Å². The largest absolute Gasteiger partial charge is 0.392 e. The fourth-order valence-electron chi connectivity index (χ4n) is 1.59. The quantitative estimate of drug-likeness (QED) is 0.838. The zero-order valence-electron chi connectivity index (χ0n) is 9.83. The van der Waals surface area contributed by atoms with Crippen LogP contribution in [-0.2, 0) is 13.2 Å². The summed E-state index contributed by atoms with van der Waals surface area (Å²) in [5.41, 5.74) is 1.47. The molecule has 1 heterocycles. The monoisotopic (exact) mass is 268 g/mol. The van der Waals surface area contributed by atoms with Gasteiger partial charge in [-0.1, -0.05) is 24.3 Å². The van der Waals surface area contributed by atoms with Gasteiger partial charge < -0.3 is 10.4 Å². The van der Waals surface area contributed by atoms with Crippen LogP contribution < -0.4 is 5.32 Å². The van der Waals surface area contributed by atoms with E-state index in [0.717, 1.165) is 5.56 Å². The summed E-state index contributed by atoms with van der Waals surface area (Å²) in [4.78, 5) is 3.15. The summed E-state index contributed by atoms with van der Waals surface area (Å²) >= 11 is 0. The molecule has 6 heteroatoms. The number of nitrogens with zero attached hydrogens (tertiary/aromatic N) is 1. The summed E-state index contributed by atoms with van der Waals surface area (Å²) in [6.45, 7) is 0.0778. The Morgan fingerprint density at radius 1 is 1.05 bits per heavy atom. The van der Waals surface area contributed by atoms with Crippen molar-refractivity contribution >= 4 is 5.82 Å². The summed E-state index contributed by atoms with van der Waals surface area (Å²) in [6.07, 6.45) is 0. The molecular formula is C13H11F3N2O. The average Bonchev–Trinajstić information content (AvgIpc) is 2.41. The van der Waals surface area contributed by atoms with Crippen molar-refractivity contribution in [2.75, 3.05) is 5.32 Å². The number of pyridine rings is 1. The Kier molecular flexibility index (Phi) is 4.01. The maximum absolute atomic E-state index is 13.3. The van der Waals surface area contributed by atoms with E-state index in [1.807, 2.05) is 0 Å². The first-order chi connectivity index (χ1) is 9.10. The molecule has 100 valence electrons. The molecule has 0 spiro atoms. The van der Waals surface area contributed by atoms with Gasteiger partial charge in [0.05, 0.1) is 6.61 Å². The van der Waals surface area contributed by atoms with Crippen LogP contribution in [0.3, 0.4) is 0 Å². The van der Waals surface area contributed by atoms with E-state index < -0.39 is 17.6 Å². The van der Waals surface area contributed by atoms with Gasteiger partial charge in [0.15, 0.2) is 17.5 Å². The predicted molar refractivity (Wildman–Crippen MR) is 63.8 cm³/mol. The van der Waals surface area contributed by atoms with E-state index in [2.05, 4.69) is 10.3 Å². The van der Waals surface area contributed by atoms with Crippen molar-refractivity contribution in [3.8, 4) is 0 Å². The maximum atomic E-state index is 13.3. The van der Waals surface area contributed by atoms with Gasteiger partial charge >= 0.3 is 0 Å². The Hall–Kier alpha value is -2.08. The molecule has 0 bridgehead atoms. The summed E-state index contributed by atoms with van der Waals surface area (Å²) in [5, 5.41) is 11.5. The Morgan fingerprint density at radius 2 is 1.79 bits per heavy atom. The minimum absolute atomic E-state index is 0.106. The van der Waals surface area contributed by atoms with Crippen LogP contribution in [-0.4, -0.2) is 10.1 Å². The standard InChI is InChI=1S/C13H11F3N2O/c14-10-5-11(15)13(18-12(10)16)17-6-8-2-1-3-9(4-8)7-19/h1-5,19H,6-7H2,(H,17,18). The van der Waals surface area contributed by atoms with E-state index in [4.69, 9.17) is 5.11 Å². The van der Waals surface area contributed by atoms with Gasteiger partial charge in [0.1, 0.15) is 0 Å². The molecule has 0 saturated carbocycles. The van der Waals surface area contributed by atoms with E-state index in [9.17, 15) is 13.2 Å². The summed E-state index contributed by atoms with van der Waals surface area (Å²) in [6, 6.07) is 7.38. The summed E-state index contributed by atoms with van der Waals surface area (Å²) in [5.74, 6) is -4.00. The number of halogens is 3. The Bertz CT molecular complexity index is 590. The molecule has 0 aliphatic heterocycles. The molecule has 0 radical (unpaired) electrons. The normalized spacial score (nSPS) is 10.5. The van der Waals surface area contributed by atoms with E-state index >= 15 is 0 Å². The number of anilines is 1. The molecule has 0 saturated heterocycles. The molecule has 19 heavy (non-hydrogen) atoms. The van der Waals surface area contributed by atoms with E-state index in [-0.39, 0.29) is 19.0 Å². The van der Waals surface area contributed by atoms with Crippen LogP contribution in [0, 0.1) is 17.6 Å². The third-order valence-corrected chi connectivity index (χ3v) is 2.52. The summed E-state index contributed by atoms with van der Waals surface area (Å²) < 4.78 is 38.9. The molecule has 2 N–H and O–H groups in total. The number of aromatic nitrogens is 1. The van der Waals surface area contributed by atoms with Crippen LogP contribution >= 0.6 is 0 Å². The highest BCUT2D eigenvalue weighted by atomic mass is 19.2. The topological polar surface area (TPSA) is 45.1 Å². The molecule has 0 unspecified atom stereocenters. The van der Waals surface area contributed by atoms with Gasteiger partial charge in [-0.2, -0.15) is 9.37 Å². The second kappa shape index (κ2) is 5.71. The molecule has 2 rings (SSSR count). The summed E-state index contributed by atoms with van der Waals surface area (Å²) in [7, 11) is 0. The van der Waals surface area contributed by atoms with Crippen molar-refractivity contribution in [2.45, 2.75) is 13.2 Å². The highest BCUT2D eigenvalue weighted by Gasteiger charge is 2.11. The van der Waals surface area contributed by atoms with Gasteiger partial charge in [-0.15, -0.1) is 0 Å². The van der Waals surface area contributed by atoms with Crippen molar-refractivity contribution in [3.63, 3.8) is 0 Å². The molecule has 1 aromatic carbocycles. The molecular weight excluding hydrogens is 257 g/mol. The molecule has 2 aromatic rings. The smallest absolute Gasteiger partial charge is 0.251 e. The molecule has 3 nitrogen and oxygen atoms in total. The van der Waals surface area contributed by atoms with Crippen LogP contribution in [0.2, 0.25) is 0 Å². The van der Waals surface area contributed by atoms with E-state index in [1.165, 1.54) is 0 Å². The number of hydrogen-bond acceptors (Lipinski definition) is 3. The lowest BCUT2D eigenvalue weighted by molar-refractivity contribution is 0.281. The first-order valence-electron chi connectivity index (χ1n) is 5.54. The van der Waals surface area contributed by atoms with Crippen molar-refractivity contribution in [2.24, 2.45) is 0 Å². The number of nitrogens with one attached hydrogen (secondary N) is 1. The molecule has 0 atom stereocenters. The number of aliphatic hydroxyl groups excluding tert-OH is 1. The molecule has 1 aromatic heterocycles. The molecule has 0 fully saturated rings. The number of hydrogen-bond donors (Lipinski definition) is 2. The first kappa shape index (κ1) is 13.4. The minimum atomic E-state index is -1.35. The van der Waals surface area contributed by atoms with Crippen LogP contribution in [0.4, 0.5) is 19.0 Å². The Morgan fingerprint density at radius 3 is 2.53 bits per heavy atom. The zero-order chi connectivity index (χ0) is 13.8. The van der Waals surface area contributed by atoms with Crippen LogP contribution in [0.5, 0.6) is 0 Å². The lowest BCUT2D eigenvalue weighted by Crippen LogP contribution is -2.06. The van der Waals surface area contributed by atoms with Gasteiger partial charge in [0, 0.05) is 12.6 Å². The van der Waals surface area contributed by atoms with Gasteiger partial charge in [-0.25, -0.2) is 8.78 Å². The second-order valence-electron chi connectivity index (χ2n) is 3.92. The molecule has 0 aliphatic carbocycles. The molecule has 0 aliphatic rings. The number of benzene rings is 1. The van der Waals surface area contributed by atoms with Crippen LogP contribution in [0.15, 0.2) is 30.3 Å². The van der Waals surface area contributed by atoms with E-state index in [1.54, 1.807) is 24.3 Å². The highest BCUT2D eigenvalue weighted by Crippen LogP contribution is 2.15. The average molecular weight is 268 g/mol. The van der Waals surface area contributed by atoms with Crippen molar-refractivity contribution < 1.29 is 18.3 Å². The van der Waals surface area contributed by atoms with Gasteiger partial charge in [-0.05, 0) is 11.1 Å². The Balaban J connectivity index is 2.12. The van der Waals surface area contributed by atoms with Crippen LogP contribution in [0.1, 0.15) is 11.1 Å². The van der Waals surface area contributed by atoms with Gasteiger partial charge in [-0.3, -0.25) is 0 Å². The molecule has 0 amide bonds. The van der Waals surface area contributed by atoms with Gasteiger partial charge in [0.25, 0.3) is 5.95 Å².